The van der Waals surface area contributed by atoms with Gasteiger partial charge in [-0.2, -0.15) is 0 Å². The zero-order valence-electron chi connectivity index (χ0n) is 37.0. The molecule has 0 saturated carbocycles. The van der Waals surface area contributed by atoms with Crippen molar-refractivity contribution in [3.8, 4) is 39.6 Å². The molecule has 5 heteroatoms. The second-order valence-corrected chi connectivity index (χ2v) is 19.8. The van der Waals surface area contributed by atoms with Gasteiger partial charge in [0.2, 0.25) is 0 Å². The Morgan fingerprint density at radius 2 is 1.17 bits per heavy atom. The number of rotatable bonds is 6. The van der Waals surface area contributed by atoms with Gasteiger partial charge in [0.15, 0.2) is 17.5 Å². The largest absolute Gasteiger partial charge is 0.309 e. The van der Waals surface area contributed by atoms with Crippen molar-refractivity contribution in [3.05, 3.63) is 228 Å². The van der Waals surface area contributed by atoms with E-state index in [4.69, 9.17) is 15.0 Å². The van der Waals surface area contributed by atoms with Gasteiger partial charge in [-0.1, -0.05) is 172 Å². The fourth-order valence-electron chi connectivity index (χ4n) is 11.0. The van der Waals surface area contributed by atoms with Crippen LogP contribution < -0.4 is 0 Å². The Hall–Kier alpha value is -7.73. The molecule has 1 atom stereocenters. The van der Waals surface area contributed by atoms with Crippen molar-refractivity contribution in [3.63, 3.8) is 0 Å². The molecule has 0 fully saturated rings. The van der Waals surface area contributed by atoms with Gasteiger partial charge in [-0.05, 0) is 99.5 Å². The van der Waals surface area contributed by atoms with Crippen LogP contribution in [0.15, 0.2) is 200 Å². The van der Waals surface area contributed by atoms with Crippen molar-refractivity contribution in [2.24, 2.45) is 0 Å². The summed E-state index contributed by atoms with van der Waals surface area (Å²) in [7, 11) is 0. The molecule has 13 rings (SSSR count). The van der Waals surface area contributed by atoms with E-state index in [1.807, 2.05) is 17.4 Å². The minimum absolute atomic E-state index is 0.112. The molecule has 2 aliphatic carbocycles. The topological polar surface area (TPSA) is 43.6 Å². The Labute approximate surface area is 387 Å². The van der Waals surface area contributed by atoms with Crippen molar-refractivity contribution in [2.75, 3.05) is 0 Å². The molecule has 66 heavy (non-hydrogen) atoms. The molecule has 4 nitrogen and oxygen atoms in total. The number of para-hydroxylation sites is 1. The summed E-state index contributed by atoms with van der Waals surface area (Å²) in [6, 6.07) is 68.1. The maximum atomic E-state index is 5.48. The summed E-state index contributed by atoms with van der Waals surface area (Å²) in [6.07, 6.45) is 5.45. The summed E-state index contributed by atoms with van der Waals surface area (Å²) in [6.45, 7) is 7.06. The van der Waals surface area contributed by atoms with Gasteiger partial charge in [-0.25, -0.2) is 15.0 Å². The summed E-state index contributed by atoms with van der Waals surface area (Å²) in [5.41, 5.74) is 15.2. The number of thiophene rings is 1. The fourth-order valence-corrected chi connectivity index (χ4v) is 12.1. The molecule has 0 radical (unpaired) electrons. The maximum absolute atomic E-state index is 5.48. The van der Waals surface area contributed by atoms with Crippen LogP contribution >= 0.6 is 11.3 Å². The Morgan fingerprint density at radius 1 is 0.485 bits per heavy atom. The van der Waals surface area contributed by atoms with Gasteiger partial charge in [0.25, 0.3) is 0 Å². The first-order valence-electron chi connectivity index (χ1n) is 22.8. The molecule has 3 heterocycles. The van der Waals surface area contributed by atoms with Gasteiger partial charge in [0.05, 0.1) is 11.0 Å². The van der Waals surface area contributed by atoms with Crippen LogP contribution in [-0.4, -0.2) is 19.5 Å². The molecule has 3 aromatic heterocycles. The summed E-state index contributed by atoms with van der Waals surface area (Å²) in [5, 5.41) is 4.87. The van der Waals surface area contributed by atoms with Crippen LogP contribution in [0.3, 0.4) is 0 Å². The maximum Gasteiger partial charge on any atom is 0.164 e. The molecule has 0 amide bonds. The SMILES string of the molecule is CC1(c2ccccc2)C=C(c2ccccc2)C=C(c2nc(-c3ccccc3)nc(-c3cccc4sc5ccc(-n6c7ccccc7c7cc8c(cc76)C(C)(C)c6ccccc6-8)cc5c34)n2)C1. The van der Waals surface area contributed by atoms with E-state index in [1.54, 1.807) is 0 Å². The first-order valence-corrected chi connectivity index (χ1v) is 23.6. The number of nitrogens with zero attached hydrogens (tertiary/aromatic N) is 4. The van der Waals surface area contributed by atoms with Crippen LogP contribution in [0, 0.1) is 0 Å². The first kappa shape index (κ1) is 38.7. The smallest absolute Gasteiger partial charge is 0.164 e. The fraction of sp³-hybridized carbons (Fsp3) is 0.0984. The van der Waals surface area contributed by atoms with Crippen LogP contribution in [0.1, 0.15) is 55.3 Å². The number of aromatic nitrogens is 4. The second-order valence-electron chi connectivity index (χ2n) is 18.7. The predicted octanol–water partition coefficient (Wildman–Crippen LogP) is 15.8. The molecule has 11 aromatic rings. The van der Waals surface area contributed by atoms with Gasteiger partial charge in [-0.3, -0.25) is 0 Å². The van der Waals surface area contributed by atoms with E-state index in [1.165, 1.54) is 70.0 Å². The van der Waals surface area contributed by atoms with Gasteiger partial charge in [0.1, 0.15) is 0 Å². The molecular weight excluding hydrogens is 821 g/mol. The van der Waals surface area contributed by atoms with E-state index in [9.17, 15) is 0 Å². The summed E-state index contributed by atoms with van der Waals surface area (Å²) >= 11 is 1.82. The molecule has 0 saturated heterocycles. The lowest BCUT2D eigenvalue weighted by Gasteiger charge is -2.32. The van der Waals surface area contributed by atoms with Crippen molar-refractivity contribution < 1.29 is 0 Å². The molecule has 2 aliphatic rings. The normalized spacial score (nSPS) is 16.4. The highest BCUT2D eigenvalue weighted by Gasteiger charge is 2.36. The van der Waals surface area contributed by atoms with Crippen molar-refractivity contribution in [2.45, 2.75) is 38.0 Å². The number of fused-ring (bicyclic) bond motifs is 9. The van der Waals surface area contributed by atoms with E-state index in [0.29, 0.717) is 17.5 Å². The van der Waals surface area contributed by atoms with Crippen molar-refractivity contribution in [1.29, 1.82) is 0 Å². The molecule has 0 bridgehead atoms. The summed E-state index contributed by atoms with van der Waals surface area (Å²) in [4.78, 5) is 16.1. The Balaban J connectivity index is 1.01. The molecule has 1 unspecified atom stereocenters. The average Bonchev–Trinajstić information content (AvgIpc) is 3.98. The predicted molar refractivity (Wildman–Crippen MR) is 276 cm³/mol. The van der Waals surface area contributed by atoms with E-state index < -0.39 is 0 Å². The number of allylic oxidation sites excluding steroid dienone is 4. The number of hydrogen-bond acceptors (Lipinski definition) is 4. The molecule has 0 aliphatic heterocycles. The second kappa shape index (κ2) is 14.6. The van der Waals surface area contributed by atoms with E-state index in [0.717, 1.165) is 39.8 Å². The molecule has 314 valence electrons. The highest BCUT2D eigenvalue weighted by atomic mass is 32.1. The number of hydrogen-bond donors (Lipinski definition) is 0. The summed E-state index contributed by atoms with van der Waals surface area (Å²) < 4.78 is 4.90. The van der Waals surface area contributed by atoms with Crippen LogP contribution in [0.4, 0.5) is 0 Å². The lowest BCUT2D eigenvalue weighted by molar-refractivity contribution is 0.609. The zero-order chi connectivity index (χ0) is 44.1. The Bertz CT molecular complexity index is 3820. The molecule has 0 N–H and O–H groups in total. The standard InChI is InChI=1S/C61H44N4S/c1-60(2)50-27-15-13-24-44(50)47-34-48-45-25-14-16-28-52(45)65(53(48)35-51(47)60)43-30-31-54-49(33-43)56-46(26-17-29-55(56)66-54)59-63-57(39-20-9-5-10-21-39)62-58(64-59)41-32-40(38-18-7-4-8-19-38)36-61(3,37-41)42-22-11-6-12-23-42/h4-36H,37H2,1-3H3. The minimum Gasteiger partial charge on any atom is -0.309 e. The van der Waals surface area contributed by atoms with E-state index in [2.05, 4.69) is 219 Å². The monoisotopic (exact) mass is 864 g/mol. The molecular formula is C61H44N4S. The molecule has 0 spiro atoms. The van der Waals surface area contributed by atoms with Crippen molar-refractivity contribution >= 4 is 64.5 Å². The lowest BCUT2D eigenvalue weighted by Crippen LogP contribution is -2.23. The third-order valence-corrected chi connectivity index (χ3v) is 15.3. The van der Waals surface area contributed by atoms with Crippen LogP contribution in [0.25, 0.3) is 92.7 Å². The van der Waals surface area contributed by atoms with Gasteiger partial charge < -0.3 is 4.57 Å². The third-order valence-electron chi connectivity index (χ3n) is 14.2. The average molecular weight is 865 g/mol. The highest BCUT2D eigenvalue weighted by Crippen LogP contribution is 2.51. The van der Waals surface area contributed by atoms with E-state index in [-0.39, 0.29) is 10.8 Å². The minimum atomic E-state index is -0.289. The van der Waals surface area contributed by atoms with Crippen molar-refractivity contribution in [1.82, 2.24) is 19.5 Å². The van der Waals surface area contributed by atoms with Crippen LogP contribution in [0.5, 0.6) is 0 Å². The van der Waals surface area contributed by atoms with E-state index >= 15 is 0 Å². The zero-order valence-corrected chi connectivity index (χ0v) is 37.8. The summed E-state index contributed by atoms with van der Waals surface area (Å²) in [5.74, 6) is 2.03. The first-order chi connectivity index (χ1) is 32.3. The Kier molecular flexibility index (Phi) is 8.59. The molecule has 8 aromatic carbocycles. The van der Waals surface area contributed by atoms with Gasteiger partial charge in [-0.15, -0.1) is 11.3 Å². The third kappa shape index (κ3) is 6.00. The quantitative estimate of drug-likeness (QED) is 0.167. The van der Waals surface area contributed by atoms with Gasteiger partial charge >= 0.3 is 0 Å². The Morgan fingerprint density at radius 3 is 1.98 bits per heavy atom. The van der Waals surface area contributed by atoms with Crippen LogP contribution in [-0.2, 0) is 10.8 Å². The lowest BCUT2D eigenvalue weighted by atomic mass is 9.72. The van der Waals surface area contributed by atoms with Gasteiger partial charge in [0, 0.05) is 58.6 Å². The highest BCUT2D eigenvalue weighted by molar-refractivity contribution is 7.26. The number of benzene rings is 8. The van der Waals surface area contributed by atoms with Crippen LogP contribution in [0.2, 0.25) is 0 Å².